The van der Waals surface area contributed by atoms with Gasteiger partial charge in [-0.05, 0) is 54.1 Å². The van der Waals surface area contributed by atoms with Gasteiger partial charge in [0.05, 0.1) is 5.92 Å². The van der Waals surface area contributed by atoms with Gasteiger partial charge in [0, 0.05) is 22.1 Å². The standard InChI is InChI=1S/C17H16BrNOS/c1-19-16-8-5-12(18)10-14(16)15(17(19)20)9-11-3-6-13(21-2)7-4-11/h3-8,10,15H,9H2,1-2H3. The van der Waals surface area contributed by atoms with Crippen LogP contribution in [0.4, 0.5) is 5.69 Å². The van der Waals surface area contributed by atoms with E-state index in [0.717, 1.165) is 22.1 Å². The smallest absolute Gasteiger partial charge is 0.234 e. The van der Waals surface area contributed by atoms with E-state index in [1.165, 1.54) is 10.5 Å². The second-order valence-electron chi connectivity index (χ2n) is 5.21. The third-order valence-corrected chi connectivity index (χ3v) is 5.19. The summed E-state index contributed by atoms with van der Waals surface area (Å²) in [4.78, 5) is 15.5. The number of carbonyl (C=O) groups excluding carboxylic acids is 1. The number of halogens is 1. The number of fused-ring (bicyclic) bond motifs is 1. The molecule has 2 aromatic rings. The molecular weight excluding hydrogens is 346 g/mol. The third-order valence-electron chi connectivity index (χ3n) is 3.95. The van der Waals surface area contributed by atoms with E-state index >= 15 is 0 Å². The van der Waals surface area contributed by atoms with E-state index in [1.807, 2.05) is 19.2 Å². The summed E-state index contributed by atoms with van der Waals surface area (Å²) in [6.45, 7) is 0. The lowest BCUT2D eigenvalue weighted by Crippen LogP contribution is -2.24. The summed E-state index contributed by atoms with van der Waals surface area (Å²) in [5.41, 5.74) is 3.34. The second-order valence-corrected chi connectivity index (χ2v) is 7.00. The number of rotatable bonds is 3. The number of amides is 1. The van der Waals surface area contributed by atoms with Crippen LogP contribution in [0.3, 0.4) is 0 Å². The fourth-order valence-corrected chi connectivity index (χ4v) is 3.58. The van der Waals surface area contributed by atoms with E-state index in [0.29, 0.717) is 0 Å². The molecule has 0 fully saturated rings. The van der Waals surface area contributed by atoms with Gasteiger partial charge in [0.25, 0.3) is 0 Å². The molecule has 0 bridgehead atoms. The van der Waals surface area contributed by atoms with Gasteiger partial charge in [-0.15, -0.1) is 11.8 Å². The number of nitrogens with zero attached hydrogens (tertiary/aromatic N) is 1. The van der Waals surface area contributed by atoms with Crippen molar-refractivity contribution >= 4 is 39.3 Å². The normalized spacial score (nSPS) is 17.2. The van der Waals surface area contributed by atoms with Crippen LogP contribution in [0.1, 0.15) is 17.0 Å². The largest absolute Gasteiger partial charge is 0.315 e. The van der Waals surface area contributed by atoms with E-state index < -0.39 is 0 Å². The van der Waals surface area contributed by atoms with E-state index in [2.05, 4.69) is 52.5 Å². The topological polar surface area (TPSA) is 20.3 Å². The summed E-state index contributed by atoms with van der Waals surface area (Å²) in [5.74, 6) is 0.0969. The van der Waals surface area contributed by atoms with Gasteiger partial charge in [-0.2, -0.15) is 0 Å². The molecule has 2 nitrogen and oxygen atoms in total. The van der Waals surface area contributed by atoms with Gasteiger partial charge in [-0.1, -0.05) is 28.1 Å². The zero-order valence-electron chi connectivity index (χ0n) is 12.0. The first-order valence-electron chi connectivity index (χ1n) is 6.80. The van der Waals surface area contributed by atoms with E-state index in [9.17, 15) is 4.79 Å². The quantitative estimate of drug-likeness (QED) is 0.751. The predicted molar refractivity (Wildman–Crippen MR) is 92.2 cm³/mol. The molecular formula is C17H16BrNOS. The summed E-state index contributed by atoms with van der Waals surface area (Å²) in [5, 5.41) is 0. The lowest BCUT2D eigenvalue weighted by Gasteiger charge is -2.11. The Balaban J connectivity index is 1.91. The molecule has 1 atom stereocenters. The number of thioether (sulfide) groups is 1. The second kappa shape index (κ2) is 5.85. The Kier molecular flexibility index (Phi) is 4.09. The number of hydrogen-bond donors (Lipinski definition) is 0. The van der Waals surface area contributed by atoms with Crippen LogP contribution in [0.2, 0.25) is 0 Å². The van der Waals surface area contributed by atoms with Crippen LogP contribution < -0.4 is 4.90 Å². The van der Waals surface area contributed by atoms with Crippen LogP contribution in [-0.4, -0.2) is 19.2 Å². The minimum Gasteiger partial charge on any atom is -0.315 e. The van der Waals surface area contributed by atoms with Crippen molar-refractivity contribution in [3.05, 3.63) is 58.1 Å². The molecule has 4 heteroatoms. The zero-order chi connectivity index (χ0) is 15.0. The van der Waals surface area contributed by atoms with Crippen molar-refractivity contribution in [2.24, 2.45) is 0 Å². The Morgan fingerprint density at radius 3 is 2.57 bits per heavy atom. The molecule has 0 saturated heterocycles. The molecule has 1 aliphatic rings. The molecule has 0 aromatic heterocycles. The van der Waals surface area contributed by atoms with Crippen LogP contribution in [0.5, 0.6) is 0 Å². The number of anilines is 1. The predicted octanol–water partition coefficient (Wildman–Crippen LogP) is 4.47. The minimum atomic E-state index is -0.0809. The van der Waals surface area contributed by atoms with Crippen molar-refractivity contribution in [1.82, 2.24) is 0 Å². The summed E-state index contributed by atoms with van der Waals surface area (Å²) >= 11 is 5.23. The highest BCUT2D eigenvalue weighted by atomic mass is 79.9. The van der Waals surface area contributed by atoms with Crippen LogP contribution >= 0.6 is 27.7 Å². The first kappa shape index (κ1) is 14.7. The summed E-state index contributed by atoms with van der Waals surface area (Å²) in [7, 11) is 1.85. The van der Waals surface area contributed by atoms with Crippen LogP contribution in [0.15, 0.2) is 51.8 Å². The molecule has 21 heavy (non-hydrogen) atoms. The van der Waals surface area contributed by atoms with Gasteiger partial charge < -0.3 is 4.90 Å². The van der Waals surface area contributed by atoms with Gasteiger partial charge >= 0.3 is 0 Å². The van der Waals surface area contributed by atoms with Crippen molar-refractivity contribution in [1.29, 1.82) is 0 Å². The van der Waals surface area contributed by atoms with Crippen molar-refractivity contribution < 1.29 is 4.79 Å². The lowest BCUT2D eigenvalue weighted by atomic mass is 9.93. The van der Waals surface area contributed by atoms with Gasteiger partial charge in [0.2, 0.25) is 5.91 Å². The zero-order valence-corrected chi connectivity index (χ0v) is 14.4. The molecule has 0 N–H and O–H groups in total. The summed E-state index contributed by atoms with van der Waals surface area (Å²) in [6.07, 6.45) is 2.82. The van der Waals surface area contributed by atoms with Crippen molar-refractivity contribution in [3.63, 3.8) is 0 Å². The van der Waals surface area contributed by atoms with Gasteiger partial charge in [-0.25, -0.2) is 0 Å². The Morgan fingerprint density at radius 1 is 1.19 bits per heavy atom. The first-order valence-corrected chi connectivity index (χ1v) is 8.82. The van der Waals surface area contributed by atoms with Crippen LogP contribution in [0, 0.1) is 0 Å². The molecule has 0 radical (unpaired) electrons. The Bertz CT molecular complexity index is 684. The highest BCUT2D eigenvalue weighted by Gasteiger charge is 2.35. The maximum atomic E-state index is 12.5. The van der Waals surface area contributed by atoms with E-state index in [-0.39, 0.29) is 11.8 Å². The van der Waals surface area contributed by atoms with Crippen molar-refractivity contribution in [2.45, 2.75) is 17.2 Å². The highest BCUT2D eigenvalue weighted by Crippen LogP contribution is 2.39. The molecule has 0 spiro atoms. The summed E-state index contributed by atoms with van der Waals surface area (Å²) in [6, 6.07) is 14.5. The molecule has 3 rings (SSSR count). The fourth-order valence-electron chi connectivity index (χ4n) is 2.79. The van der Waals surface area contributed by atoms with Crippen molar-refractivity contribution in [3.8, 4) is 0 Å². The van der Waals surface area contributed by atoms with Crippen LogP contribution in [0.25, 0.3) is 0 Å². The molecule has 108 valence electrons. The molecule has 2 aromatic carbocycles. The van der Waals surface area contributed by atoms with Gasteiger partial charge in [0.15, 0.2) is 0 Å². The first-order chi connectivity index (χ1) is 10.1. The Labute approximate surface area is 137 Å². The molecule has 1 heterocycles. The maximum absolute atomic E-state index is 12.5. The number of carbonyl (C=O) groups is 1. The summed E-state index contributed by atoms with van der Waals surface area (Å²) < 4.78 is 1.02. The average Bonchev–Trinajstić information content (AvgIpc) is 2.73. The van der Waals surface area contributed by atoms with E-state index in [4.69, 9.17) is 0 Å². The minimum absolute atomic E-state index is 0.0809. The van der Waals surface area contributed by atoms with E-state index in [1.54, 1.807) is 16.7 Å². The number of likely N-dealkylation sites (N-methyl/N-ethyl adjacent to an activating group) is 1. The number of benzene rings is 2. The average molecular weight is 362 g/mol. The highest BCUT2D eigenvalue weighted by molar-refractivity contribution is 9.10. The fraction of sp³-hybridized carbons (Fsp3) is 0.235. The maximum Gasteiger partial charge on any atom is 0.234 e. The van der Waals surface area contributed by atoms with Gasteiger partial charge in [0.1, 0.15) is 0 Å². The monoisotopic (exact) mass is 361 g/mol. The van der Waals surface area contributed by atoms with Crippen LogP contribution in [-0.2, 0) is 11.2 Å². The number of hydrogen-bond acceptors (Lipinski definition) is 2. The molecule has 0 saturated carbocycles. The lowest BCUT2D eigenvalue weighted by molar-refractivity contribution is -0.119. The molecule has 1 unspecified atom stereocenters. The Hall–Kier alpha value is -1.26. The van der Waals surface area contributed by atoms with Gasteiger partial charge in [-0.3, -0.25) is 4.79 Å². The molecule has 1 amide bonds. The molecule has 0 aliphatic carbocycles. The SMILES string of the molecule is CSc1ccc(CC2C(=O)N(C)c3ccc(Br)cc32)cc1. The Morgan fingerprint density at radius 2 is 1.90 bits per heavy atom. The van der Waals surface area contributed by atoms with Crippen molar-refractivity contribution in [2.75, 3.05) is 18.2 Å². The third kappa shape index (κ3) is 2.74. The molecule has 1 aliphatic heterocycles.